The maximum atomic E-state index is 13.2. The first-order valence-electron chi connectivity index (χ1n) is 10.4. The predicted molar refractivity (Wildman–Crippen MR) is 118 cm³/mol. The van der Waals surface area contributed by atoms with Crippen LogP contribution in [-0.4, -0.2) is 26.2 Å². The van der Waals surface area contributed by atoms with E-state index in [4.69, 9.17) is 5.73 Å². The Hall–Kier alpha value is -4.33. The van der Waals surface area contributed by atoms with Gasteiger partial charge in [-0.25, -0.2) is 8.78 Å². The van der Waals surface area contributed by atoms with Gasteiger partial charge in [0.1, 0.15) is 17.2 Å². The Morgan fingerprint density at radius 1 is 0.684 bits per heavy atom. The molecule has 14 heteroatoms. The average molecular weight is 541 g/mol. The van der Waals surface area contributed by atoms with Gasteiger partial charge in [0, 0.05) is 35.6 Å². The van der Waals surface area contributed by atoms with Crippen LogP contribution in [0.2, 0.25) is 0 Å². The van der Waals surface area contributed by atoms with Gasteiger partial charge < -0.3 is 5.73 Å². The van der Waals surface area contributed by atoms with Crippen molar-refractivity contribution in [3.8, 4) is 22.5 Å². The summed E-state index contributed by atoms with van der Waals surface area (Å²) in [7, 11) is 0. The number of hydrogen-bond donors (Lipinski definition) is 1. The lowest BCUT2D eigenvalue weighted by Gasteiger charge is -2.07. The molecule has 0 aromatic carbocycles. The van der Waals surface area contributed by atoms with Gasteiger partial charge in [-0.3, -0.25) is 24.7 Å². The monoisotopic (exact) mass is 541 g/mol. The summed E-state index contributed by atoms with van der Waals surface area (Å²) in [5.74, 6) is -1.34. The maximum Gasteiger partial charge on any atom is 0.433 e. The summed E-state index contributed by atoms with van der Waals surface area (Å²) in [6, 6.07) is 6.57. The first-order valence-corrected chi connectivity index (χ1v) is 10.4. The van der Waals surface area contributed by atoms with E-state index in [0.29, 0.717) is 17.5 Å². The lowest BCUT2D eigenvalue weighted by atomic mass is 10.1. The molecule has 0 fully saturated rings. The zero-order valence-electron chi connectivity index (χ0n) is 18.9. The number of nitrogens with zero attached hydrogens (tertiary/aromatic N) is 4. The molecule has 0 saturated carbocycles. The molecule has 0 aliphatic carbocycles. The number of carbonyl (C=O) groups is 1. The molecule has 2 N–H and O–H groups in total. The zero-order chi connectivity index (χ0) is 28.1. The highest BCUT2D eigenvalue weighted by molar-refractivity contribution is 5.77. The molecular weight excluding hydrogens is 526 g/mol. The van der Waals surface area contributed by atoms with Gasteiger partial charge in [-0.15, -0.1) is 0 Å². The zero-order valence-corrected chi connectivity index (χ0v) is 18.9. The van der Waals surface area contributed by atoms with Gasteiger partial charge in [-0.1, -0.05) is 0 Å². The first-order chi connectivity index (χ1) is 17.8. The van der Waals surface area contributed by atoms with E-state index in [1.54, 1.807) is 0 Å². The third kappa shape index (κ3) is 6.91. The number of pyridine rings is 4. The van der Waals surface area contributed by atoms with Crippen LogP contribution in [0.25, 0.3) is 22.5 Å². The third-order valence-electron chi connectivity index (χ3n) is 4.87. The highest BCUT2D eigenvalue weighted by Crippen LogP contribution is 2.30. The molecule has 38 heavy (non-hydrogen) atoms. The number of nitrogens with two attached hydrogens (primary N) is 1. The summed E-state index contributed by atoms with van der Waals surface area (Å²) in [4.78, 5) is 24.6. The van der Waals surface area contributed by atoms with Crippen LogP contribution in [0.1, 0.15) is 27.3 Å². The lowest BCUT2D eigenvalue weighted by molar-refractivity contribution is -0.141. The number of carbonyl (C=O) groups excluding carboxylic acids is 1. The smallest absolute Gasteiger partial charge is 0.326 e. The molecule has 0 aliphatic heterocycles. The van der Waals surface area contributed by atoms with Crippen LogP contribution in [0.3, 0.4) is 0 Å². The summed E-state index contributed by atoms with van der Waals surface area (Å²) in [6.45, 7) is -0.0184. The van der Waals surface area contributed by atoms with E-state index in [-0.39, 0.29) is 28.9 Å². The molecule has 0 amide bonds. The number of hydrogen-bond acceptors (Lipinski definition) is 6. The first kappa shape index (κ1) is 28.2. The largest absolute Gasteiger partial charge is 0.433 e. The minimum atomic E-state index is -4.53. The van der Waals surface area contributed by atoms with E-state index in [1.165, 1.54) is 12.1 Å². The molecule has 0 atom stereocenters. The lowest BCUT2D eigenvalue weighted by Crippen LogP contribution is -2.07. The third-order valence-corrected chi connectivity index (χ3v) is 4.87. The Morgan fingerprint density at radius 3 is 1.55 bits per heavy atom. The highest BCUT2D eigenvalue weighted by atomic mass is 19.4. The van der Waals surface area contributed by atoms with Gasteiger partial charge in [0.05, 0.1) is 29.3 Å². The molecule has 6 nitrogen and oxygen atoms in total. The summed E-state index contributed by atoms with van der Waals surface area (Å²) in [5.41, 5.74) is 4.46. The minimum absolute atomic E-state index is 0.0184. The van der Waals surface area contributed by atoms with Gasteiger partial charge in [0.25, 0.3) is 0 Å². The van der Waals surface area contributed by atoms with Gasteiger partial charge in [-0.05, 0) is 36.4 Å². The quantitative estimate of drug-likeness (QED) is 0.256. The number of rotatable bonds is 4. The second-order valence-electron chi connectivity index (χ2n) is 7.43. The standard InChI is InChI=1S/C12H9F4N3.C12H6F4N2O/c13-9-6-18-10(3-8(9)4-17)7-1-2-11(19-5-7)12(14,15)16;13-9-5-17-10(3-8(9)6-19)7-1-2-11(18-4-7)12(14,15)16/h1-3,5-6H,4,17H2;1-6H. The number of aromatic nitrogens is 4. The molecule has 4 aromatic rings. The normalized spacial score (nSPS) is 11.5. The topological polar surface area (TPSA) is 94.7 Å². The molecule has 198 valence electrons. The predicted octanol–water partition coefficient (Wildman–Crippen LogP) is 5.87. The van der Waals surface area contributed by atoms with E-state index in [1.807, 2.05) is 0 Å². The van der Waals surface area contributed by atoms with Crippen molar-refractivity contribution in [2.24, 2.45) is 5.73 Å². The van der Waals surface area contributed by atoms with Crippen LogP contribution in [0.5, 0.6) is 0 Å². The number of aldehydes is 1. The fourth-order valence-electron chi connectivity index (χ4n) is 2.92. The molecule has 4 rings (SSSR count). The average Bonchev–Trinajstić information content (AvgIpc) is 2.89. The minimum Gasteiger partial charge on any atom is -0.326 e. The van der Waals surface area contributed by atoms with Gasteiger partial charge in [-0.2, -0.15) is 26.3 Å². The van der Waals surface area contributed by atoms with Crippen LogP contribution >= 0.6 is 0 Å². The van der Waals surface area contributed by atoms with Crippen LogP contribution in [0, 0.1) is 11.6 Å². The molecular formula is C24H15F8N5O. The second-order valence-corrected chi connectivity index (χ2v) is 7.43. The van der Waals surface area contributed by atoms with Crippen molar-refractivity contribution in [3.63, 3.8) is 0 Å². The Morgan fingerprint density at radius 2 is 1.16 bits per heavy atom. The highest BCUT2D eigenvalue weighted by Gasteiger charge is 2.32. The summed E-state index contributed by atoms with van der Waals surface area (Å²) < 4.78 is 100. The molecule has 0 saturated heterocycles. The van der Waals surface area contributed by atoms with E-state index in [9.17, 15) is 39.9 Å². The fraction of sp³-hybridized carbons (Fsp3) is 0.125. The Labute approximate surface area is 209 Å². The maximum absolute atomic E-state index is 13.2. The Balaban J connectivity index is 0.000000211. The van der Waals surface area contributed by atoms with Crippen molar-refractivity contribution >= 4 is 6.29 Å². The van der Waals surface area contributed by atoms with Gasteiger partial charge in [0.2, 0.25) is 0 Å². The molecule has 4 aromatic heterocycles. The van der Waals surface area contributed by atoms with Crippen molar-refractivity contribution in [2.45, 2.75) is 18.9 Å². The van der Waals surface area contributed by atoms with Crippen molar-refractivity contribution in [2.75, 3.05) is 0 Å². The molecule has 4 heterocycles. The number of halogens is 8. The van der Waals surface area contributed by atoms with Crippen molar-refractivity contribution in [1.82, 2.24) is 19.9 Å². The summed E-state index contributed by atoms with van der Waals surface area (Å²) >= 11 is 0. The van der Waals surface area contributed by atoms with E-state index in [2.05, 4.69) is 19.9 Å². The molecule has 0 radical (unpaired) electrons. The van der Waals surface area contributed by atoms with Crippen LogP contribution < -0.4 is 5.73 Å². The molecule has 0 bridgehead atoms. The fourth-order valence-corrected chi connectivity index (χ4v) is 2.92. The van der Waals surface area contributed by atoms with Gasteiger partial charge in [0.15, 0.2) is 12.1 Å². The SMILES string of the molecule is NCc1cc(-c2ccc(C(F)(F)F)nc2)ncc1F.O=Cc1cc(-c2ccc(C(F)(F)F)nc2)ncc1F. The molecule has 0 unspecified atom stereocenters. The van der Waals surface area contributed by atoms with Gasteiger partial charge >= 0.3 is 12.4 Å². The van der Waals surface area contributed by atoms with Crippen LogP contribution in [0.15, 0.2) is 61.2 Å². The van der Waals surface area contributed by atoms with Crippen molar-refractivity contribution < 1.29 is 39.9 Å². The summed E-state index contributed by atoms with van der Waals surface area (Å²) in [5, 5.41) is 0. The molecule has 0 spiro atoms. The van der Waals surface area contributed by atoms with Crippen LogP contribution in [0.4, 0.5) is 35.1 Å². The van der Waals surface area contributed by atoms with E-state index in [0.717, 1.165) is 49.1 Å². The summed E-state index contributed by atoms with van der Waals surface area (Å²) in [6.07, 6.45) is -4.88. The van der Waals surface area contributed by atoms with Crippen LogP contribution in [-0.2, 0) is 18.9 Å². The van der Waals surface area contributed by atoms with Crippen molar-refractivity contribution in [1.29, 1.82) is 0 Å². The Kier molecular flexibility index (Phi) is 8.46. The van der Waals surface area contributed by atoms with Crippen molar-refractivity contribution in [3.05, 3.63) is 95.3 Å². The Bertz CT molecular complexity index is 1410. The van der Waals surface area contributed by atoms with E-state index < -0.39 is 35.4 Å². The van der Waals surface area contributed by atoms with E-state index >= 15 is 0 Å². The second kappa shape index (κ2) is 11.4. The molecule has 0 aliphatic rings. The number of alkyl halides is 6.